The minimum atomic E-state index is -1.06. The highest BCUT2D eigenvalue weighted by Gasteiger charge is 2.27. The number of carbonyl (C=O) groups is 1. The Balaban J connectivity index is 2.66. The highest BCUT2D eigenvalue weighted by atomic mass is 16.6. The summed E-state index contributed by atoms with van der Waals surface area (Å²) in [6.07, 6.45) is 0. The number of methoxy groups -OCH3 is 2. The fraction of sp³-hybridized carbons (Fsp3) is 0.133. The molecule has 136 valence electrons. The second-order valence-electron chi connectivity index (χ2n) is 4.93. The molecule has 0 saturated carbocycles. The van der Waals surface area contributed by atoms with Gasteiger partial charge in [-0.25, -0.2) is 0 Å². The molecule has 26 heavy (non-hydrogen) atoms. The van der Waals surface area contributed by atoms with Crippen LogP contribution in [-0.4, -0.2) is 40.1 Å². The molecule has 0 radical (unpaired) electrons. The molecule has 2 aromatic rings. The molecule has 0 aromatic heterocycles. The smallest absolute Gasteiger partial charge is 0.311 e. The van der Waals surface area contributed by atoms with Crippen LogP contribution in [0.5, 0.6) is 23.0 Å². The van der Waals surface area contributed by atoms with Gasteiger partial charge in [0.05, 0.1) is 35.2 Å². The second kappa shape index (κ2) is 6.93. The molecule has 0 heterocycles. The van der Waals surface area contributed by atoms with Crippen LogP contribution in [0.1, 0.15) is 15.9 Å². The zero-order chi connectivity index (χ0) is 19.6. The molecule has 0 fully saturated rings. The molecule has 11 nitrogen and oxygen atoms in total. The van der Waals surface area contributed by atoms with Crippen molar-refractivity contribution in [2.75, 3.05) is 14.2 Å². The molecule has 0 atom stereocenters. The number of hydrogen-bond donors (Lipinski definition) is 2. The Morgan fingerprint density at radius 3 is 1.46 bits per heavy atom. The van der Waals surface area contributed by atoms with Gasteiger partial charge in [0.1, 0.15) is 11.5 Å². The molecule has 0 unspecified atom stereocenters. The summed E-state index contributed by atoms with van der Waals surface area (Å²) >= 11 is 0. The number of nitrogens with zero attached hydrogens (tertiary/aromatic N) is 2. The number of carbonyl (C=O) groups excluding carboxylic acids is 1. The maximum absolute atomic E-state index is 12.6. The van der Waals surface area contributed by atoms with E-state index in [1.165, 1.54) is 0 Å². The Labute approximate surface area is 145 Å². The van der Waals surface area contributed by atoms with Crippen molar-refractivity contribution in [3.05, 3.63) is 55.6 Å². The lowest BCUT2D eigenvalue weighted by Crippen LogP contribution is -2.06. The molecule has 0 spiro atoms. The van der Waals surface area contributed by atoms with Gasteiger partial charge in [-0.05, 0) is 0 Å². The third-order valence-corrected chi connectivity index (χ3v) is 3.48. The van der Waals surface area contributed by atoms with Crippen LogP contribution in [0.25, 0.3) is 0 Å². The quantitative estimate of drug-likeness (QED) is 0.444. The minimum absolute atomic E-state index is 0.283. The van der Waals surface area contributed by atoms with E-state index in [1.807, 2.05) is 0 Å². The number of rotatable bonds is 6. The van der Waals surface area contributed by atoms with E-state index in [1.54, 1.807) is 0 Å². The summed E-state index contributed by atoms with van der Waals surface area (Å²) in [5, 5.41) is 42.1. The topological polar surface area (TPSA) is 162 Å². The van der Waals surface area contributed by atoms with Crippen LogP contribution in [-0.2, 0) is 0 Å². The first kappa shape index (κ1) is 18.4. The number of ketones is 1. The van der Waals surface area contributed by atoms with Crippen molar-refractivity contribution in [1.29, 1.82) is 0 Å². The molecular formula is C15H12N2O9. The largest absolute Gasteiger partial charge is 0.507 e. The Morgan fingerprint density at radius 2 is 1.19 bits per heavy atom. The molecule has 0 amide bonds. The number of aromatic hydroxyl groups is 2. The zero-order valence-corrected chi connectivity index (χ0v) is 13.5. The summed E-state index contributed by atoms with van der Waals surface area (Å²) in [4.78, 5) is 33.1. The minimum Gasteiger partial charge on any atom is -0.507 e. The van der Waals surface area contributed by atoms with E-state index in [2.05, 4.69) is 0 Å². The van der Waals surface area contributed by atoms with Gasteiger partial charge in [0.25, 0.3) is 0 Å². The summed E-state index contributed by atoms with van der Waals surface area (Å²) in [6.45, 7) is 0. The van der Waals surface area contributed by atoms with E-state index in [4.69, 9.17) is 9.47 Å². The lowest BCUT2D eigenvalue weighted by atomic mass is 9.99. The molecule has 0 aliphatic rings. The summed E-state index contributed by atoms with van der Waals surface area (Å²) in [7, 11) is 2.28. The van der Waals surface area contributed by atoms with E-state index < -0.39 is 49.6 Å². The fourth-order valence-electron chi connectivity index (χ4n) is 2.24. The molecule has 11 heteroatoms. The van der Waals surface area contributed by atoms with E-state index in [-0.39, 0.29) is 11.5 Å². The van der Waals surface area contributed by atoms with Gasteiger partial charge in [0.15, 0.2) is 0 Å². The van der Waals surface area contributed by atoms with Gasteiger partial charge in [0, 0.05) is 24.3 Å². The van der Waals surface area contributed by atoms with Crippen molar-refractivity contribution in [2.45, 2.75) is 0 Å². The number of phenols is 2. The van der Waals surface area contributed by atoms with Gasteiger partial charge in [-0.3, -0.25) is 25.0 Å². The molecule has 2 rings (SSSR count). The van der Waals surface area contributed by atoms with Gasteiger partial charge in [-0.15, -0.1) is 0 Å². The van der Waals surface area contributed by atoms with Crippen LogP contribution in [0.2, 0.25) is 0 Å². The van der Waals surface area contributed by atoms with Gasteiger partial charge < -0.3 is 19.7 Å². The molecule has 0 aliphatic carbocycles. The normalized spacial score (nSPS) is 10.2. The number of benzene rings is 2. The van der Waals surface area contributed by atoms with Crippen molar-refractivity contribution in [1.82, 2.24) is 0 Å². The second-order valence-corrected chi connectivity index (χ2v) is 4.93. The van der Waals surface area contributed by atoms with E-state index >= 15 is 0 Å². The molecule has 2 N–H and O–H groups in total. The van der Waals surface area contributed by atoms with Crippen molar-refractivity contribution >= 4 is 17.2 Å². The molecule has 0 bridgehead atoms. The van der Waals surface area contributed by atoms with Crippen LogP contribution in [0, 0.1) is 20.2 Å². The summed E-state index contributed by atoms with van der Waals surface area (Å²) in [6, 6.07) is 3.23. The van der Waals surface area contributed by atoms with Gasteiger partial charge in [0.2, 0.25) is 17.3 Å². The molecule has 0 aliphatic heterocycles. The van der Waals surface area contributed by atoms with Gasteiger partial charge in [-0.1, -0.05) is 0 Å². The van der Waals surface area contributed by atoms with Gasteiger partial charge in [-0.2, -0.15) is 0 Å². The third kappa shape index (κ3) is 3.17. The van der Waals surface area contributed by atoms with Crippen LogP contribution in [0.3, 0.4) is 0 Å². The zero-order valence-electron chi connectivity index (χ0n) is 13.5. The Hall–Kier alpha value is -3.89. The number of hydrogen-bond acceptors (Lipinski definition) is 9. The fourth-order valence-corrected chi connectivity index (χ4v) is 2.24. The highest BCUT2D eigenvalue weighted by Crippen LogP contribution is 2.38. The number of nitro benzene ring substituents is 2. The monoisotopic (exact) mass is 364 g/mol. The maximum Gasteiger partial charge on any atom is 0.311 e. The third-order valence-electron chi connectivity index (χ3n) is 3.48. The van der Waals surface area contributed by atoms with Crippen LogP contribution >= 0.6 is 0 Å². The van der Waals surface area contributed by atoms with E-state index in [9.17, 15) is 35.2 Å². The summed E-state index contributed by atoms with van der Waals surface area (Å²) in [5.74, 6) is -2.94. The Morgan fingerprint density at radius 1 is 0.846 bits per heavy atom. The number of phenolic OH excluding ortho intramolecular Hbond substituents is 2. The number of ether oxygens (including phenoxy) is 2. The maximum atomic E-state index is 12.6. The van der Waals surface area contributed by atoms with Crippen molar-refractivity contribution < 1.29 is 34.3 Å². The predicted molar refractivity (Wildman–Crippen MR) is 86.1 cm³/mol. The molecule has 2 aromatic carbocycles. The van der Waals surface area contributed by atoms with Crippen molar-refractivity contribution in [3.63, 3.8) is 0 Å². The van der Waals surface area contributed by atoms with E-state index in [0.717, 1.165) is 38.5 Å². The predicted octanol–water partition coefficient (Wildman–Crippen LogP) is 2.16. The first-order chi connectivity index (χ1) is 12.2. The van der Waals surface area contributed by atoms with Crippen LogP contribution < -0.4 is 9.47 Å². The Bertz CT molecular complexity index is 850. The highest BCUT2D eigenvalue weighted by molar-refractivity contribution is 6.13. The molecule has 0 saturated heterocycles. The molecular weight excluding hydrogens is 352 g/mol. The van der Waals surface area contributed by atoms with Gasteiger partial charge >= 0.3 is 11.4 Å². The lowest BCUT2D eigenvalue weighted by molar-refractivity contribution is -0.385. The Kier molecular flexibility index (Phi) is 4.91. The summed E-state index contributed by atoms with van der Waals surface area (Å²) in [5.41, 5.74) is -2.27. The van der Waals surface area contributed by atoms with Crippen LogP contribution in [0.15, 0.2) is 24.3 Å². The average Bonchev–Trinajstić information content (AvgIpc) is 2.59. The van der Waals surface area contributed by atoms with Crippen LogP contribution in [0.4, 0.5) is 11.4 Å². The average molecular weight is 364 g/mol. The van der Waals surface area contributed by atoms with E-state index in [0.29, 0.717) is 0 Å². The standard InChI is InChI=1S/C15H12N2O9/c1-25-13-5-11(18)7(3-9(13)16(21)22)15(20)8-4-10(17(23)24)14(26-2)6-12(8)19/h3-6,18-19H,1-2H3. The van der Waals surface area contributed by atoms with Crippen molar-refractivity contribution in [2.24, 2.45) is 0 Å². The SMILES string of the molecule is COc1cc(O)c(C(=O)c2cc([N+](=O)[O-])c(OC)cc2O)cc1[N+](=O)[O-]. The first-order valence-electron chi connectivity index (χ1n) is 6.86. The summed E-state index contributed by atoms with van der Waals surface area (Å²) < 4.78 is 9.53. The number of nitro groups is 2. The lowest BCUT2D eigenvalue weighted by Gasteiger charge is -2.10. The first-order valence-corrected chi connectivity index (χ1v) is 6.86. The van der Waals surface area contributed by atoms with Crippen molar-refractivity contribution in [3.8, 4) is 23.0 Å².